The fourth-order valence-corrected chi connectivity index (χ4v) is 2.68. The van der Waals surface area contributed by atoms with Gasteiger partial charge < -0.3 is 5.11 Å². The largest absolute Gasteiger partial charge is 0.478 e. The second-order valence-electron chi connectivity index (χ2n) is 4.12. The molecule has 2 rings (SSSR count). The number of pyridine rings is 1. The number of sulfonamides is 1. The van der Waals surface area contributed by atoms with Crippen molar-refractivity contribution in [1.29, 1.82) is 5.26 Å². The fourth-order valence-electron chi connectivity index (χ4n) is 1.61. The highest BCUT2D eigenvalue weighted by Gasteiger charge is 2.19. The van der Waals surface area contributed by atoms with Gasteiger partial charge in [0.1, 0.15) is 16.8 Å². The predicted molar refractivity (Wildman–Crippen MR) is 73.1 cm³/mol. The Morgan fingerprint density at radius 2 is 2.05 bits per heavy atom. The highest BCUT2D eigenvalue weighted by atomic mass is 32.2. The van der Waals surface area contributed by atoms with Crippen LogP contribution in [0.1, 0.15) is 15.9 Å². The first-order valence-electron chi connectivity index (χ1n) is 5.74. The highest BCUT2D eigenvalue weighted by Crippen LogP contribution is 2.21. The number of nitrogens with one attached hydrogen (secondary N) is 1. The Kier molecular flexibility index (Phi) is 4.05. The van der Waals surface area contributed by atoms with Crippen LogP contribution in [0.2, 0.25) is 0 Å². The first kappa shape index (κ1) is 15.4. The van der Waals surface area contributed by atoms with Crippen LogP contribution >= 0.6 is 0 Å². The van der Waals surface area contributed by atoms with Crippen LogP contribution in [0.25, 0.3) is 0 Å². The summed E-state index contributed by atoms with van der Waals surface area (Å²) >= 11 is 0. The maximum Gasteiger partial charge on any atom is 0.337 e. The molecule has 0 saturated heterocycles. The molecule has 1 heterocycles. The molecule has 0 aliphatic carbocycles. The molecule has 1 aromatic carbocycles. The Morgan fingerprint density at radius 1 is 1.32 bits per heavy atom. The number of carboxylic acids is 1. The number of halogens is 1. The van der Waals surface area contributed by atoms with Crippen LogP contribution in [0.4, 0.5) is 10.1 Å². The zero-order valence-electron chi connectivity index (χ0n) is 10.8. The molecule has 112 valence electrons. The molecule has 7 nitrogen and oxygen atoms in total. The van der Waals surface area contributed by atoms with Crippen molar-refractivity contribution < 1.29 is 22.7 Å². The number of anilines is 1. The lowest BCUT2D eigenvalue weighted by atomic mass is 10.2. The second-order valence-corrected chi connectivity index (χ2v) is 5.80. The van der Waals surface area contributed by atoms with Crippen molar-refractivity contribution in [3.63, 3.8) is 0 Å². The smallest absolute Gasteiger partial charge is 0.337 e. The van der Waals surface area contributed by atoms with Crippen molar-refractivity contribution >= 4 is 21.7 Å². The maximum atomic E-state index is 13.1. The summed E-state index contributed by atoms with van der Waals surface area (Å²) in [6.07, 6.45) is 2.19. The van der Waals surface area contributed by atoms with Crippen molar-refractivity contribution in [1.82, 2.24) is 4.98 Å². The maximum absolute atomic E-state index is 13.1. The van der Waals surface area contributed by atoms with Gasteiger partial charge in [0, 0.05) is 12.4 Å². The molecule has 0 aliphatic heterocycles. The molecular formula is C13H8FN3O4S. The van der Waals surface area contributed by atoms with E-state index in [0.717, 1.165) is 24.4 Å². The Hall–Kier alpha value is -2.99. The average Bonchev–Trinajstić information content (AvgIpc) is 2.48. The third kappa shape index (κ3) is 3.18. The van der Waals surface area contributed by atoms with Gasteiger partial charge in [-0.05, 0) is 24.3 Å². The lowest BCUT2D eigenvalue weighted by Gasteiger charge is -2.10. The van der Waals surface area contributed by atoms with E-state index in [-0.39, 0.29) is 16.1 Å². The van der Waals surface area contributed by atoms with E-state index in [4.69, 9.17) is 10.4 Å². The summed E-state index contributed by atoms with van der Waals surface area (Å²) in [5.41, 5.74) is -0.801. The minimum Gasteiger partial charge on any atom is -0.478 e. The second kappa shape index (κ2) is 5.79. The van der Waals surface area contributed by atoms with Gasteiger partial charge in [-0.25, -0.2) is 17.6 Å². The number of carboxylic acid groups (broad SMARTS) is 1. The monoisotopic (exact) mass is 321 g/mol. The molecule has 0 fully saturated rings. The lowest BCUT2D eigenvalue weighted by molar-refractivity contribution is 0.0697. The first-order valence-corrected chi connectivity index (χ1v) is 7.22. The van der Waals surface area contributed by atoms with Crippen LogP contribution in [0.5, 0.6) is 0 Å². The van der Waals surface area contributed by atoms with Gasteiger partial charge in [-0.2, -0.15) is 5.26 Å². The van der Waals surface area contributed by atoms with Gasteiger partial charge >= 0.3 is 5.97 Å². The molecule has 0 aliphatic rings. The van der Waals surface area contributed by atoms with Crippen LogP contribution in [0, 0.1) is 17.1 Å². The molecule has 1 aromatic heterocycles. The van der Waals surface area contributed by atoms with Gasteiger partial charge in [-0.3, -0.25) is 9.71 Å². The predicted octanol–water partition coefficient (Wildman–Crippen LogP) is 1.59. The van der Waals surface area contributed by atoms with Crippen LogP contribution < -0.4 is 4.72 Å². The standard InChI is InChI=1S/C13H8FN3O4S/c14-9-1-2-12(11(4-9)13(18)19)17-22(20,21)10-3-8(5-15)6-16-7-10/h1-4,6-7,17H,(H,18,19). The summed E-state index contributed by atoms with van der Waals surface area (Å²) < 4.78 is 39.5. The third-order valence-corrected chi connectivity index (χ3v) is 3.94. The van der Waals surface area contributed by atoms with Crippen molar-refractivity contribution in [3.05, 3.63) is 53.6 Å². The Morgan fingerprint density at radius 3 is 2.68 bits per heavy atom. The topological polar surface area (TPSA) is 120 Å². The number of nitrogens with zero attached hydrogens (tertiary/aromatic N) is 2. The van der Waals surface area contributed by atoms with Gasteiger partial charge in [0.15, 0.2) is 0 Å². The van der Waals surface area contributed by atoms with Crippen molar-refractivity contribution in [2.45, 2.75) is 4.90 Å². The number of hydrogen-bond acceptors (Lipinski definition) is 5. The first-order chi connectivity index (χ1) is 10.3. The fraction of sp³-hybridized carbons (Fsp3) is 0. The number of aromatic carboxylic acids is 1. The van der Waals surface area contributed by atoms with Gasteiger partial charge in [-0.1, -0.05) is 0 Å². The van der Waals surface area contributed by atoms with Crippen molar-refractivity contribution in [2.75, 3.05) is 4.72 Å². The molecule has 0 radical (unpaired) electrons. The molecule has 22 heavy (non-hydrogen) atoms. The summed E-state index contributed by atoms with van der Waals surface area (Å²) in [6, 6.07) is 5.45. The van der Waals surface area contributed by atoms with Gasteiger partial charge in [0.05, 0.1) is 16.8 Å². The molecular weight excluding hydrogens is 313 g/mol. The van der Waals surface area contributed by atoms with E-state index in [1.54, 1.807) is 6.07 Å². The number of aromatic nitrogens is 1. The van der Waals surface area contributed by atoms with Crippen LogP contribution in [0.3, 0.4) is 0 Å². The average molecular weight is 321 g/mol. The van der Waals surface area contributed by atoms with E-state index >= 15 is 0 Å². The lowest BCUT2D eigenvalue weighted by Crippen LogP contribution is -2.16. The molecule has 0 bridgehead atoms. The summed E-state index contributed by atoms with van der Waals surface area (Å²) in [4.78, 5) is 14.3. The number of rotatable bonds is 4. The molecule has 9 heteroatoms. The van der Waals surface area contributed by atoms with Gasteiger partial charge in [0.25, 0.3) is 10.0 Å². The quantitative estimate of drug-likeness (QED) is 0.882. The minimum absolute atomic E-state index is 0.0282. The van der Waals surface area contributed by atoms with E-state index < -0.39 is 27.4 Å². The van der Waals surface area contributed by atoms with E-state index in [9.17, 15) is 17.6 Å². The number of carbonyl (C=O) groups is 1. The summed E-state index contributed by atoms with van der Waals surface area (Å²) in [7, 11) is -4.16. The molecule has 0 atom stereocenters. The zero-order valence-corrected chi connectivity index (χ0v) is 11.6. The molecule has 0 spiro atoms. The van der Waals surface area contributed by atoms with Crippen LogP contribution in [-0.4, -0.2) is 24.5 Å². The molecule has 0 unspecified atom stereocenters. The molecule has 2 aromatic rings. The normalized spacial score (nSPS) is 10.7. The van der Waals surface area contributed by atoms with Crippen LogP contribution in [0.15, 0.2) is 41.6 Å². The minimum atomic E-state index is -4.16. The third-order valence-electron chi connectivity index (χ3n) is 2.61. The number of nitriles is 1. The SMILES string of the molecule is N#Cc1cncc(S(=O)(=O)Nc2ccc(F)cc2C(=O)O)c1. The molecule has 2 N–H and O–H groups in total. The summed E-state index contributed by atoms with van der Waals surface area (Å²) in [5, 5.41) is 17.7. The van der Waals surface area contributed by atoms with E-state index in [1.807, 2.05) is 4.72 Å². The van der Waals surface area contributed by atoms with Crippen LogP contribution in [-0.2, 0) is 10.0 Å². The molecule has 0 saturated carbocycles. The Bertz CT molecular complexity index is 890. The highest BCUT2D eigenvalue weighted by molar-refractivity contribution is 7.92. The van der Waals surface area contributed by atoms with Gasteiger partial charge in [0.2, 0.25) is 0 Å². The Balaban J connectivity index is 2.45. The van der Waals surface area contributed by atoms with E-state index in [1.165, 1.54) is 6.20 Å². The van der Waals surface area contributed by atoms with Gasteiger partial charge in [-0.15, -0.1) is 0 Å². The number of benzene rings is 1. The molecule has 0 amide bonds. The van der Waals surface area contributed by atoms with E-state index in [2.05, 4.69) is 4.98 Å². The summed E-state index contributed by atoms with van der Waals surface area (Å²) in [6.45, 7) is 0. The number of hydrogen-bond donors (Lipinski definition) is 2. The summed E-state index contributed by atoms with van der Waals surface area (Å²) in [5.74, 6) is -2.30. The van der Waals surface area contributed by atoms with Crippen molar-refractivity contribution in [3.8, 4) is 6.07 Å². The van der Waals surface area contributed by atoms with Crippen molar-refractivity contribution in [2.24, 2.45) is 0 Å². The zero-order chi connectivity index (χ0) is 16.3. The van der Waals surface area contributed by atoms with E-state index in [0.29, 0.717) is 6.07 Å². The Labute approximate surface area is 124 Å².